The van der Waals surface area contributed by atoms with E-state index in [-0.39, 0.29) is 6.09 Å². The highest BCUT2D eigenvalue weighted by molar-refractivity contribution is 5.67. The summed E-state index contributed by atoms with van der Waals surface area (Å²) in [5.41, 5.74) is -0.480. The summed E-state index contributed by atoms with van der Waals surface area (Å²) in [6.45, 7) is 6.44. The molecule has 0 aliphatic heterocycles. The molecule has 0 unspecified atom stereocenters. The monoisotopic (exact) mass is 226 g/mol. The molecule has 1 aromatic rings. The maximum absolute atomic E-state index is 11.6. The van der Waals surface area contributed by atoms with Gasteiger partial charge >= 0.3 is 6.09 Å². The largest absolute Gasteiger partial charge is 0.444 e. The molecule has 1 heterocycles. The summed E-state index contributed by atoms with van der Waals surface area (Å²) in [7, 11) is 1.67. The molecule has 7 nitrogen and oxygen atoms in total. The van der Waals surface area contributed by atoms with E-state index in [0.717, 1.165) is 0 Å². The number of ether oxygens (including phenoxy) is 1. The van der Waals surface area contributed by atoms with Crippen LogP contribution >= 0.6 is 0 Å². The second-order valence-corrected chi connectivity index (χ2v) is 4.40. The second-order valence-electron chi connectivity index (χ2n) is 4.40. The van der Waals surface area contributed by atoms with Crippen molar-refractivity contribution < 1.29 is 9.53 Å². The fourth-order valence-corrected chi connectivity index (χ4v) is 0.930. The van der Waals surface area contributed by atoms with E-state index in [2.05, 4.69) is 21.9 Å². The van der Waals surface area contributed by atoms with Gasteiger partial charge in [-0.2, -0.15) is 0 Å². The Bertz CT molecular complexity index is 330. The van der Waals surface area contributed by atoms with Crippen molar-refractivity contribution in [3.63, 3.8) is 0 Å². The first kappa shape index (κ1) is 12.4. The van der Waals surface area contributed by atoms with Crippen LogP contribution in [0.15, 0.2) is 0 Å². The summed E-state index contributed by atoms with van der Waals surface area (Å²) in [4.78, 5) is 13.0. The first-order chi connectivity index (χ1) is 7.38. The minimum atomic E-state index is -0.480. The molecule has 0 fully saturated rings. The summed E-state index contributed by atoms with van der Waals surface area (Å²) in [6.07, 6.45) is 2.18. The van der Waals surface area contributed by atoms with Crippen LogP contribution in [0, 0.1) is 6.33 Å². The number of carbonyl (C=O) groups excluding carboxylic acids is 1. The summed E-state index contributed by atoms with van der Waals surface area (Å²) in [6, 6.07) is 0. The predicted octanol–water partition coefficient (Wildman–Crippen LogP) is 0.340. The van der Waals surface area contributed by atoms with Crippen LogP contribution in [0.3, 0.4) is 0 Å². The lowest BCUT2D eigenvalue weighted by Gasteiger charge is -2.24. The average molecular weight is 226 g/mol. The van der Waals surface area contributed by atoms with Crippen LogP contribution in [0.5, 0.6) is 0 Å². The summed E-state index contributed by atoms with van der Waals surface area (Å²) in [5.74, 6) is 0. The van der Waals surface area contributed by atoms with Crippen LogP contribution in [0.1, 0.15) is 20.8 Å². The molecular weight excluding hydrogens is 210 g/mol. The van der Waals surface area contributed by atoms with Gasteiger partial charge in [-0.25, -0.2) is 9.48 Å². The van der Waals surface area contributed by atoms with E-state index in [0.29, 0.717) is 13.1 Å². The smallest absolute Gasteiger partial charge is 0.410 e. The van der Waals surface area contributed by atoms with E-state index in [1.807, 2.05) is 20.8 Å². The van der Waals surface area contributed by atoms with Crippen LogP contribution in [0.4, 0.5) is 4.79 Å². The Morgan fingerprint density at radius 1 is 1.50 bits per heavy atom. The minimum absolute atomic E-state index is 0.361. The van der Waals surface area contributed by atoms with Gasteiger partial charge in [0, 0.05) is 13.6 Å². The van der Waals surface area contributed by atoms with Crippen LogP contribution < -0.4 is 0 Å². The lowest BCUT2D eigenvalue weighted by Crippen LogP contribution is -2.36. The van der Waals surface area contributed by atoms with Gasteiger partial charge in [-0.05, 0) is 31.2 Å². The predicted molar refractivity (Wildman–Crippen MR) is 55.5 cm³/mol. The van der Waals surface area contributed by atoms with E-state index < -0.39 is 5.60 Å². The number of tetrazole rings is 1. The fourth-order valence-electron chi connectivity index (χ4n) is 0.930. The first-order valence-electron chi connectivity index (χ1n) is 4.96. The third kappa shape index (κ3) is 4.24. The molecule has 16 heavy (non-hydrogen) atoms. The molecule has 89 valence electrons. The van der Waals surface area contributed by atoms with Crippen molar-refractivity contribution in [3.8, 4) is 0 Å². The molecule has 0 bridgehead atoms. The molecule has 0 N–H and O–H groups in total. The normalized spacial score (nSPS) is 11.2. The Morgan fingerprint density at radius 3 is 2.69 bits per heavy atom. The Balaban J connectivity index is 2.35. The van der Waals surface area contributed by atoms with E-state index in [9.17, 15) is 4.79 Å². The van der Waals surface area contributed by atoms with Gasteiger partial charge in [0.15, 0.2) is 0 Å². The van der Waals surface area contributed by atoms with E-state index >= 15 is 0 Å². The molecule has 0 aliphatic rings. The maximum Gasteiger partial charge on any atom is 0.410 e. The molecule has 0 aliphatic carbocycles. The SMILES string of the molecule is CN(CCn1[c]nnn1)C(=O)OC(C)(C)C. The van der Waals surface area contributed by atoms with Gasteiger partial charge in [0.1, 0.15) is 5.60 Å². The fraction of sp³-hybridized carbons (Fsp3) is 0.778. The molecule has 0 saturated heterocycles. The molecular formula is C9H16N5O2. The number of nitrogens with zero attached hydrogens (tertiary/aromatic N) is 5. The van der Waals surface area contributed by atoms with E-state index in [1.54, 1.807) is 7.05 Å². The number of rotatable bonds is 3. The highest BCUT2D eigenvalue weighted by Gasteiger charge is 2.19. The topological polar surface area (TPSA) is 73.1 Å². The van der Waals surface area contributed by atoms with Gasteiger partial charge in [0.2, 0.25) is 6.33 Å². The quantitative estimate of drug-likeness (QED) is 0.743. The van der Waals surface area contributed by atoms with Crippen molar-refractivity contribution in [1.29, 1.82) is 0 Å². The highest BCUT2D eigenvalue weighted by atomic mass is 16.6. The van der Waals surface area contributed by atoms with E-state index in [4.69, 9.17) is 4.74 Å². The number of aromatic nitrogens is 4. The zero-order valence-corrected chi connectivity index (χ0v) is 9.97. The van der Waals surface area contributed by atoms with Crippen LogP contribution in [0.25, 0.3) is 0 Å². The van der Waals surface area contributed by atoms with E-state index in [1.165, 1.54) is 9.58 Å². The van der Waals surface area contributed by atoms with Crippen molar-refractivity contribution in [2.45, 2.75) is 32.9 Å². The molecule has 1 radical (unpaired) electrons. The van der Waals surface area contributed by atoms with Crippen molar-refractivity contribution in [2.24, 2.45) is 0 Å². The van der Waals surface area contributed by atoms with Crippen molar-refractivity contribution in [2.75, 3.05) is 13.6 Å². The minimum Gasteiger partial charge on any atom is -0.444 e. The van der Waals surface area contributed by atoms with Gasteiger partial charge in [0.25, 0.3) is 0 Å². The maximum atomic E-state index is 11.6. The highest BCUT2D eigenvalue weighted by Crippen LogP contribution is 2.08. The summed E-state index contributed by atoms with van der Waals surface area (Å²) < 4.78 is 6.62. The summed E-state index contributed by atoms with van der Waals surface area (Å²) in [5, 5.41) is 10.5. The second kappa shape index (κ2) is 4.91. The molecule has 0 spiro atoms. The van der Waals surface area contributed by atoms with Crippen LogP contribution in [-0.4, -0.2) is 50.4 Å². The van der Waals surface area contributed by atoms with Gasteiger partial charge in [-0.15, -0.1) is 5.10 Å². The molecule has 7 heteroatoms. The molecule has 0 saturated carbocycles. The number of hydrogen-bond donors (Lipinski definition) is 0. The van der Waals surface area contributed by atoms with Gasteiger partial charge < -0.3 is 9.64 Å². The van der Waals surface area contributed by atoms with Crippen LogP contribution in [-0.2, 0) is 11.3 Å². The zero-order valence-electron chi connectivity index (χ0n) is 9.97. The first-order valence-corrected chi connectivity index (χ1v) is 4.96. The Labute approximate surface area is 94.4 Å². The van der Waals surface area contributed by atoms with Gasteiger partial charge in [-0.1, -0.05) is 0 Å². The third-order valence-corrected chi connectivity index (χ3v) is 1.71. The summed E-state index contributed by atoms with van der Waals surface area (Å²) >= 11 is 0. The molecule has 0 atom stereocenters. The lowest BCUT2D eigenvalue weighted by atomic mass is 10.2. The number of carbonyl (C=O) groups is 1. The van der Waals surface area contributed by atoms with Crippen molar-refractivity contribution >= 4 is 6.09 Å². The Kier molecular flexibility index (Phi) is 3.81. The van der Waals surface area contributed by atoms with Crippen molar-refractivity contribution in [3.05, 3.63) is 6.33 Å². The third-order valence-electron chi connectivity index (χ3n) is 1.71. The van der Waals surface area contributed by atoms with Crippen molar-refractivity contribution in [1.82, 2.24) is 25.1 Å². The number of amides is 1. The van der Waals surface area contributed by atoms with Gasteiger partial charge in [0.05, 0.1) is 6.54 Å². The molecule has 1 amide bonds. The molecule has 1 rings (SSSR count). The average Bonchev–Trinajstić information content (AvgIpc) is 2.63. The Morgan fingerprint density at radius 2 is 2.19 bits per heavy atom. The molecule has 0 aromatic carbocycles. The lowest BCUT2D eigenvalue weighted by molar-refractivity contribution is 0.0292. The number of hydrogen-bond acceptors (Lipinski definition) is 5. The number of likely N-dealkylation sites (N-methyl/N-ethyl adjacent to an activating group) is 1. The van der Waals surface area contributed by atoms with Crippen LogP contribution in [0.2, 0.25) is 0 Å². The zero-order chi connectivity index (χ0) is 12.2. The molecule has 1 aromatic heterocycles. The van der Waals surface area contributed by atoms with Gasteiger partial charge in [-0.3, -0.25) is 0 Å². The standard InChI is InChI=1S/C9H16N5O2/c1-9(2,3)16-8(15)13(4)5-6-14-7-10-11-12-14/h5-6H2,1-4H3. The Hall–Kier alpha value is -1.66.